The van der Waals surface area contributed by atoms with Crippen molar-refractivity contribution in [1.82, 2.24) is 9.62 Å². The first-order chi connectivity index (χ1) is 14.8. The van der Waals surface area contributed by atoms with Gasteiger partial charge in [-0.05, 0) is 64.1 Å². The van der Waals surface area contributed by atoms with Crippen molar-refractivity contribution < 1.29 is 27.3 Å². The summed E-state index contributed by atoms with van der Waals surface area (Å²) in [5, 5.41) is 0. The highest BCUT2D eigenvalue weighted by Crippen LogP contribution is 2.36. The molecule has 2 aliphatic heterocycles. The lowest BCUT2D eigenvalue weighted by molar-refractivity contribution is 0.00578. The molecule has 0 spiro atoms. The zero-order chi connectivity index (χ0) is 23.7. The Labute approximate surface area is 192 Å². The number of ether oxygens (including phenoxy) is 1. The number of amides is 1. The molecule has 0 saturated carbocycles. The molecule has 8 nitrogen and oxygen atoms in total. The van der Waals surface area contributed by atoms with E-state index in [9.17, 15) is 13.2 Å². The maximum absolute atomic E-state index is 12.9. The quantitative estimate of drug-likeness (QED) is 0.648. The van der Waals surface area contributed by atoms with Crippen molar-refractivity contribution in [2.75, 3.05) is 19.7 Å². The number of sulfonamides is 1. The average Bonchev–Trinajstić information content (AvgIpc) is 2.93. The Hall–Kier alpha value is -1.62. The molecule has 0 bridgehead atoms. The molecule has 2 fully saturated rings. The zero-order valence-corrected chi connectivity index (χ0v) is 20.7. The summed E-state index contributed by atoms with van der Waals surface area (Å²) >= 11 is 0. The molecule has 1 N–H and O–H groups in total. The Balaban J connectivity index is 1.56. The lowest BCUT2D eigenvalue weighted by atomic mass is 9.79. The number of nitrogens with one attached hydrogen (secondary N) is 1. The molecule has 1 aromatic rings. The van der Waals surface area contributed by atoms with Gasteiger partial charge in [0, 0.05) is 19.1 Å². The highest BCUT2D eigenvalue weighted by atomic mass is 32.2. The second kappa shape index (κ2) is 9.33. The average molecular weight is 466 g/mol. The molecule has 32 heavy (non-hydrogen) atoms. The van der Waals surface area contributed by atoms with Crippen molar-refractivity contribution in [3.05, 3.63) is 24.3 Å². The summed E-state index contributed by atoms with van der Waals surface area (Å²) in [4.78, 5) is 13.9. The summed E-state index contributed by atoms with van der Waals surface area (Å²) in [7, 11) is -4.21. The first-order valence-electron chi connectivity index (χ1n) is 11.2. The van der Waals surface area contributed by atoms with Gasteiger partial charge in [-0.1, -0.05) is 26.0 Å². The molecule has 0 atom stereocenters. The van der Waals surface area contributed by atoms with Crippen LogP contribution >= 0.6 is 0 Å². The van der Waals surface area contributed by atoms with E-state index < -0.39 is 28.3 Å². The van der Waals surface area contributed by atoms with Crippen LogP contribution in [0.4, 0.5) is 4.79 Å². The van der Waals surface area contributed by atoms with E-state index in [2.05, 4.69) is 4.72 Å². The molecule has 1 amide bonds. The number of hydrogen-bond donors (Lipinski definition) is 1. The predicted molar refractivity (Wildman–Crippen MR) is 123 cm³/mol. The molecule has 10 heteroatoms. The molecule has 2 aliphatic rings. The Morgan fingerprint density at radius 3 is 2.16 bits per heavy atom. The van der Waals surface area contributed by atoms with Crippen LogP contribution in [0.2, 0.25) is 0 Å². The van der Waals surface area contributed by atoms with Gasteiger partial charge in [-0.25, -0.2) is 17.9 Å². The molecule has 0 unspecified atom stereocenters. The van der Waals surface area contributed by atoms with Crippen LogP contribution in [0.25, 0.3) is 0 Å². The fourth-order valence-electron chi connectivity index (χ4n) is 3.58. The monoisotopic (exact) mass is 466 g/mol. The second-order valence-corrected chi connectivity index (χ2v) is 11.7. The van der Waals surface area contributed by atoms with E-state index >= 15 is 0 Å². The lowest BCUT2D eigenvalue weighted by Crippen LogP contribution is -2.46. The van der Waals surface area contributed by atoms with Crippen molar-refractivity contribution in [2.45, 2.75) is 76.5 Å². The van der Waals surface area contributed by atoms with Crippen LogP contribution in [0, 0.1) is 5.92 Å². The normalized spacial score (nSPS) is 21.2. The van der Waals surface area contributed by atoms with E-state index in [0.717, 1.165) is 5.46 Å². The third-order valence-electron chi connectivity index (χ3n) is 6.33. The van der Waals surface area contributed by atoms with Crippen LogP contribution in [0.5, 0.6) is 0 Å². The summed E-state index contributed by atoms with van der Waals surface area (Å²) in [6.45, 7) is 13.2. The van der Waals surface area contributed by atoms with Crippen LogP contribution < -0.4 is 10.2 Å². The number of rotatable bonds is 6. The molecular weight excluding hydrogens is 431 g/mol. The molecule has 2 saturated heterocycles. The summed E-state index contributed by atoms with van der Waals surface area (Å²) in [5.41, 5.74) is -0.143. The Kier molecular flexibility index (Phi) is 7.29. The highest BCUT2D eigenvalue weighted by molar-refractivity contribution is 7.89. The van der Waals surface area contributed by atoms with E-state index in [1.165, 1.54) is 0 Å². The van der Waals surface area contributed by atoms with E-state index in [-0.39, 0.29) is 22.9 Å². The van der Waals surface area contributed by atoms with Gasteiger partial charge in [-0.3, -0.25) is 0 Å². The molecule has 0 radical (unpaired) electrons. The van der Waals surface area contributed by atoms with Crippen LogP contribution in [0.1, 0.15) is 54.4 Å². The third kappa shape index (κ3) is 5.65. The Morgan fingerprint density at radius 2 is 1.66 bits per heavy atom. The SMILES string of the molecule is CC(C)COC(=O)N1CCC(NS(=O)(=O)c2ccc(B3OC(C)(C)C(C)(C)O3)cc2)CC1. The van der Waals surface area contributed by atoms with E-state index in [0.29, 0.717) is 32.5 Å². The fraction of sp³-hybridized carbons (Fsp3) is 0.682. The summed E-state index contributed by atoms with van der Waals surface area (Å²) in [6.07, 6.45) is 0.752. The molecular formula is C22H35BN2O6S. The number of carbonyl (C=O) groups is 1. The van der Waals surface area contributed by atoms with Gasteiger partial charge in [0.05, 0.1) is 22.7 Å². The minimum absolute atomic E-state index is 0.191. The smallest absolute Gasteiger partial charge is 0.449 e. The standard InChI is InChI=1S/C22H35BN2O6S/c1-16(2)15-29-20(26)25-13-11-18(12-14-25)24-32(27,28)19-9-7-17(8-10-19)23-30-21(3,4)22(5,6)31-23/h7-10,16,18,24H,11-15H2,1-6H3. The topological polar surface area (TPSA) is 94.2 Å². The number of hydrogen-bond acceptors (Lipinski definition) is 6. The molecule has 178 valence electrons. The van der Waals surface area contributed by atoms with Gasteiger partial charge in [0.2, 0.25) is 10.0 Å². The van der Waals surface area contributed by atoms with Crippen molar-refractivity contribution in [3.63, 3.8) is 0 Å². The Morgan fingerprint density at radius 1 is 1.12 bits per heavy atom. The fourth-order valence-corrected chi connectivity index (χ4v) is 4.88. The van der Waals surface area contributed by atoms with Gasteiger partial charge in [0.15, 0.2) is 0 Å². The van der Waals surface area contributed by atoms with Gasteiger partial charge in [-0.2, -0.15) is 0 Å². The van der Waals surface area contributed by atoms with Crippen LogP contribution in [0.15, 0.2) is 29.2 Å². The lowest BCUT2D eigenvalue weighted by Gasteiger charge is -2.32. The van der Waals surface area contributed by atoms with E-state index in [1.807, 2.05) is 41.5 Å². The van der Waals surface area contributed by atoms with E-state index in [4.69, 9.17) is 14.0 Å². The number of nitrogens with zero attached hydrogens (tertiary/aromatic N) is 1. The van der Waals surface area contributed by atoms with Crippen LogP contribution in [0.3, 0.4) is 0 Å². The first kappa shape index (κ1) is 25.0. The van der Waals surface area contributed by atoms with Gasteiger partial charge in [0.25, 0.3) is 0 Å². The molecule has 0 aromatic heterocycles. The molecule has 1 aromatic carbocycles. The van der Waals surface area contributed by atoms with Crippen molar-refractivity contribution in [1.29, 1.82) is 0 Å². The maximum atomic E-state index is 12.9. The minimum atomic E-state index is -3.67. The van der Waals surface area contributed by atoms with E-state index in [1.54, 1.807) is 29.2 Å². The molecule has 0 aliphatic carbocycles. The number of piperidine rings is 1. The van der Waals surface area contributed by atoms with Gasteiger partial charge >= 0.3 is 13.2 Å². The number of benzene rings is 1. The van der Waals surface area contributed by atoms with Gasteiger partial charge in [-0.15, -0.1) is 0 Å². The minimum Gasteiger partial charge on any atom is -0.449 e. The summed E-state index contributed by atoms with van der Waals surface area (Å²) in [5.74, 6) is 0.277. The van der Waals surface area contributed by atoms with Gasteiger partial charge < -0.3 is 18.9 Å². The number of likely N-dealkylation sites (tertiary alicyclic amines) is 1. The molecule has 2 heterocycles. The Bertz CT molecular complexity index is 893. The van der Waals surface area contributed by atoms with Crippen LogP contribution in [-0.4, -0.2) is 63.5 Å². The zero-order valence-electron chi connectivity index (χ0n) is 19.9. The van der Waals surface area contributed by atoms with Crippen molar-refractivity contribution in [2.24, 2.45) is 5.92 Å². The summed E-state index contributed by atoms with van der Waals surface area (Å²) < 4.78 is 45.8. The highest BCUT2D eigenvalue weighted by Gasteiger charge is 2.51. The van der Waals surface area contributed by atoms with Crippen molar-refractivity contribution >= 4 is 28.7 Å². The van der Waals surface area contributed by atoms with Gasteiger partial charge in [0.1, 0.15) is 0 Å². The first-order valence-corrected chi connectivity index (χ1v) is 12.7. The number of carbonyl (C=O) groups excluding carboxylic acids is 1. The van der Waals surface area contributed by atoms with Crippen molar-refractivity contribution in [3.8, 4) is 0 Å². The largest absolute Gasteiger partial charge is 0.494 e. The second-order valence-electron chi connectivity index (χ2n) is 10.0. The van der Waals surface area contributed by atoms with Crippen LogP contribution in [-0.2, 0) is 24.1 Å². The third-order valence-corrected chi connectivity index (χ3v) is 7.87. The summed E-state index contributed by atoms with van der Waals surface area (Å²) in [6, 6.07) is 6.37. The maximum Gasteiger partial charge on any atom is 0.494 e. The predicted octanol–water partition coefficient (Wildman–Crippen LogP) is 2.52. The molecule has 3 rings (SSSR count).